The van der Waals surface area contributed by atoms with Gasteiger partial charge in [-0.1, -0.05) is 73.1 Å². The van der Waals surface area contributed by atoms with Gasteiger partial charge in [-0.2, -0.15) is 0 Å². The van der Waals surface area contributed by atoms with Crippen molar-refractivity contribution in [2.24, 2.45) is 11.8 Å². The van der Waals surface area contributed by atoms with Crippen LogP contribution in [0, 0.1) is 11.8 Å². The van der Waals surface area contributed by atoms with Gasteiger partial charge in [0, 0.05) is 24.4 Å². The Bertz CT molecular complexity index is 1420. The smallest absolute Gasteiger partial charge is 0.251 e. The van der Waals surface area contributed by atoms with Crippen LogP contribution in [0.2, 0.25) is 5.02 Å². The van der Waals surface area contributed by atoms with Crippen molar-refractivity contribution in [3.63, 3.8) is 0 Å². The fourth-order valence-corrected chi connectivity index (χ4v) is 10.3. The van der Waals surface area contributed by atoms with Crippen molar-refractivity contribution in [3.8, 4) is 0 Å². The number of hydrogen-bond acceptors (Lipinski definition) is 5. The maximum atomic E-state index is 15.0. The largest absolute Gasteiger partial charge is 0.394 e. The minimum Gasteiger partial charge on any atom is -0.394 e. The van der Waals surface area contributed by atoms with E-state index in [2.05, 4.69) is 20.1 Å². The summed E-state index contributed by atoms with van der Waals surface area (Å²) >= 11 is 8.26. The number of rotatable bonds is 13. The van der Waals surface area contributed by atoms with Gasteiger partial charge in [0.15, 0.2) is 0 Å². The number of benzene rings is 2. The molecule has 0 radical (unpaired) electrons. The Balaban J connectivity index is 1.64. The summed E-state index contributed by atoms with van der Waals surface area (Å²) in [5, 5.41) is 11.2. The second-order valence-corrected chi connectivity index (χ2v) is 14.6. The van der Waals surface area contributed by atoms with Gasteiger partial charge >= 0.3 is 0 Å². The lowest BCUT2D eigenvalue weighted by molar-refractivity contribution is -0.146. The van der Waals surface area contributed by atoms with E-state index in [1.165, 1.54) is 0 Å². The van der Waals surface area contributed by atoms with Gasteiger partial charge in [-0.05, 0) is 50.3 Å². The summed E-state index contributed by atoms with van der Waals surface area (Å²) in [6.07, 6.45) is 5.85. The highest BCUT2D eigenvalue weighted by atomic mass is 35.5. The number of aliphatic hydroxyl groups is 1. The lowest BCUT2D eigenvalue weighted by atomic mass is 9.66. The zero-order valence-corrected chi connectivity index (χ0v) is 27.1. The lowest BCUT2D eigenvalue weighted by Gasteiger charge is -2.40. The maximum absolute atomic E-state index is 15.0. The maximum Gasteiger partial charge on any atom is 0.251 e. The third-order valence-electron chi connectivity index (χ3n) is 9.51. The van der Waals surface area contributed by atoms with Gasteiger partial charge in [0.2, 0.25) is 11.8 Å². The van der Waals surface area contributed by atoms with Crippen molar-refractivity contribution >= 4 is 46.8 Å². The third kappa shape index (κ3) is 5.39. The number of hydrogen-bond donors (Lipinski definition) is 1. The summed E-state index contributed by atoms with van der Waals surface area (Å²) in [6.45, 7) is 12.7. The number of nitrogens with zero attached hydrogens (tertiary/aromatic N) is 3. The fraction of sp³-hybridized carbons (Fsp3) is 0.457. The predicted octanol–water partition coefficient (Wildman–Crippen LogP) is 5.37. The van der Waals surface area contributed by atoms with Crippen molar-refractivity contribution in [1.82, 2.24) is 9.80 Å². The molecule has 2 bridgehead atoms. The molecule has 3 aliphatic heterocycles. The first-order chi connectivity index (χ1) is 21.2. The van der Waals surface area contributed by atoms with E-state index in [4.69, 9.17) is 11.6 Å². The van der Waals surface area contributed by atoms with E-state index in [0.29, 0.717) is 43.1 Å². The van der Waals surface area contributed by atoms with Crippen LogP contribution >= 0.6 is 23.4 Å². The Morgan fingerprint density at radius 1 is 1.09 bits per heavy atom. The third-order valence-corrected chi connectivity index (χ3v) is 11.8. The molecule has 3 heterocycles. The summed E-state index contributed by atoms with van der Waals surface area (Å²) in [5.74, 6) is -1.86. The standard InChI is InChI=1S/C35H42ClN3O4S/c1-5-19-37(20-6-2)31(41)28-29-32(42)39(25(23-40)22-24-13-9-8-10-14-24)30(35(29)18-17-34(28,4)44-35)33(43)38(21-7-3)27-16-12-11-15-26(27)36/h5,7-16,25,28-30,40H,1,3,6,17-23H2,2,4H3/t25-,28+,29+,30?,34-,35?/m1/s1. The minimum atomic E-state index is -0.902. The van der Waals surface area contributed by atoms with Crippen LogP contribution in [0.25, 0.3) is 0 Å². The molecule has 0 aromatic heterocycles. The highest BCUT2D eigenvalue weighted by Gasteiger charge is 2.78. The number of carbonyl (C=O) groups excluding carboxylic acids is 3. The topological polar surface area (TPSA) is 81.2 Å². The quantitative estimate of drug-likeness (QED) is 0.300. The summed E-state index contributed by atoms with van der Waals surface area (Å²) in [5.41, 5.74) is 1.48. The van der Waals surface area contributed by atoms with E-state index in [0.717, 1.165) is 12.0 Å². The SMILES string of the molecule is C=CCN(CCC)C(=O)[C@@H]1[C@H]2C(=O)N([C@@H](CO)Cc3ccccc3)C(C(=O)N(CC=C)c3ccccc3Cl)C23CC[C@@]1(C)S3. The van der Waals surface area contributed by atoms with E-state index in [1.807, 2.05) is 43.3 Å². The van der Waals surface area contributed by atoms with Gasteiger partial charge in [0.25, 0.3) is 5.91 Å². The van der Waals surface area contributed by atoms with Gasteiger partial charge in [-0.3, -0.25) is 14.4 Å². The molecular formula is C35H42ClN3O4S. The number of thioether (sulfide) groups is 1. The van der Waals surface area contributed by atoms with E-state index >= 15 is 0 Å². The van der Waals surface area contributed by atoms with E-state index in [9.17, 15) is 19.5 Å². The molecule has 1 N–H and O–H groups in total. The lowest BCUT2D eigenvalue weighted by Crippen LogP contribution is -2.58. The van der Waals surface area contributed by atoms with Crippen LogP contribution in [0.5, 0.6) is 0 Å². The molecule has 9 heteroatoms. The van der Waals surface area contributed by atoms with Gasteiger partial charge in [-0.15, -0.1) is 24.9 Å². The second kappa shape index (κ2) is 13.1. The molecule has 44 heavy (non-hydrogen) atoms. The van der Waals surface area contributed by atoms with Crippen LogP contribution in [0.15, 0.2) is 79.9 Å². The van der Waals surface area contributed by atoms with E-state index in [-0.39, 0.29) is 30.9 Å². The molecule has 3 fully saturated rings. The summed E-state index contributed by atoms with van der Waals surface area (Å²) in [6, 6.07) is 15.3. The molecule has 7 nitrogen and oxygen atoms in total. The molecule has 5 rings (SSSR count). The Morgan fingerprint density at radius 2 is 1.77 bits per heavy atom. The van der Waals surface area contributed by atoms with Gasteiger partial charge in [0.05, 0.1) is 39.9 Å². The zero-order valence-electron chi connectivity index (χ0n) is 25.5. The molecule has 234 valence electrons. The highest BCUT2D eigenvalue weighted by molar-refractivity contribution is 8.02. The first-order valence-electron chi connectivity index (χ1n) is 15.4. The number of amides is 3. The van der Waals surface area contributed by atoms with Crippen LogP contribution in [0.4, 0.5) is 5.69 Å². The number of para-hydroxylation sites is 1. The molecule has 3 saturated heterocycles. The Labute approximate surface area is 269 Å². The fourth-order valence-electron chi connectivity index (χ4n) is 7.72. The molecular weight excluding hydrogens is 594 g/mol. The molecule has 3 aliphatic rings. The van der Waals surface area contributed by atoms with Crippen molar-refractivity contribution in [3.05, 3.63) is 90.5 Å². The number of anilines is 1. The molecule has 0 saturated carbocycles. The average molecular weight is 636 g/mol. The van der Waals surface area contributed by atoms with Crippen LogP contribution in [-0.2, 0) is 20.8 Å². The summed E-state index contributed by atoms with van der Waals surface area (Å²) in [7, 11) is 0. The molecule has 1 spiro atoms. The summed E-state index contributed by atoms with van der Waals surface area (Å²) in [4.78, 5) is 49.2. The van der Waals surface area contributed by atoms with Crippen LogP contribution < -0.4 is 4.90 Å². The van der Waals surface area contributed by atoms with Crippen molar-refractivity contribution in [1.29, 1.82) is 0 Å². The first-order valence-corrected chi connectivity index (χ1v) is 16.6. The molecule has 2 aromatic carbocycles. The second-order valence-electron chi connectivity index (χ2n) is 12.3. The van der Waals surface area contributed by atoms with E-state index < -0.39 is 33.4 Å². The zero-order chi connectivity index (χ0) is 31.6. The van der Waals surface area contributed by atoms with Crippen LogP contribution in [0.3, 0.4) is 0 Å². The van der Waals surface area contributed by atoms with Crippen molar-refractivity contribution in [2.75, 3.05) is 31.1 Å². The van der Waals surface area contributed by atoms with Gasteiger partial charge < -0.3 is 19.8 Å². The van der Waals surface area contributed by atoms with Crippen molar-refractivity contribution < 1.29 is 19.5 Å². The Hall–Kier alpha value is -3.07. The monoisotopic (exact) mass is 635 g/mol. The highest BCUT2D eigenvalue weighted by Crippen LogP contribution is 2.72. The Morgan fingerprint density at radius 3 is 2.41 bits per heavy atom. The van der Waals surface area contributed by atoms with Gasteiger partial charge in [0.1, 0.15) is 6.04 Å². The molecule has 2 aromatic rings. The molecule has 0 aliphatic carbocycles. The van der Waals surface area contributed by atoms with Crippen LogP contribution in [-0.4, -0.2) is 80.4 Å². The predicted molar refractivity (Wildman–Crippen MR) is 178 cm³/mol. The normalized spacial score (nSPS) is 27.6. The number of fused-ring (bicyclic) bond motifs is 1. The number of aliphatic hydroxyl groups excluding tert-OH is 1. The van der Waals surface area contributed by atoms with Crippen molar-refractivity contribution in [2.45, 2.75) is 61.1 Å². The number of carbonyl (C=O) groups is 3. The summed E-state index contributed by atoms with van der Waals surface area (Å²) < 4.78 is -1.34. The minimum absolute atomic E-state index is 0.0626. The number of likely N-dealkylation sites (tertiary alicyclic amines) is 1. The molecule has 3 amide bonds. The van der Waals surface area contributed by atoms with Gasteiger partial charge in [-0.25, -0.2) is 0 Å². The molecule has 2 unspecified atom stereocenters. The number of halogens is 1. The Kier molecular flexibility index (Phi) is 9.64. The van der Waals surface area contributed by atoms with Crippen LogP contribution in [0.1, 0.15) is 38.7 Å². The molecule has 6 atom stereocenters. The average Bonchev–Trinajstić information content (AvgIpc) is 3.59. The van der Waals surface area contributed by atoms with E-state index in [1.54, 1.807) is 56.8 Å². The first kappa shape index (κ1) is 32.3.